The summed E-state index contributed by atoms with van der Waals surface area (Å²) in [6, 6.07) is 0. The van der Waals surface area contributed by atoms with Crippen LogP contribution >= 0.6 is 0 Å². The molecule has 2 aliphatic carbocycles. The van der Waals surface area contributed by atoms with Crippen molar-refractivity contribution in [3.63, 3.8) is 0 Å². The number of fused-ring (bicyclic) bond motifs is 1. The Bertz CT molecular complexity index is 443. The van der Waals surface area contributed by atoms with Crippen LogP contribution in [0.5, 0.6) is 0 Å². The van der Waals surface area contributed by atoms with Crippen molar-refractivity contribution in [3.05, 3.63) is 0 Å². The van der Waals surface area contributed by atoms with Crippen molar-refractivity contribution in [3.8, 4) is 0 Å². The zero-order valence-electron chi connectivity index (χ0n) is 12.4. The SMILES string of the molecule is CCC/C(C)=N/N1C(=O)O[C@H]2C[C@H]3CC[C@@]21C3(C)C. The number of carbonyl (C=O) groups is 1. The average molecular weight is 264 g/mol. The summed E-state index contributed by atoms with van der Waals surface area (Å²) in [7, 11) is 0. The summed E-state index contributed by atoms with van der Waals surface area (Å²) in [6.07, 6.45) is 5.04. The second-order valence-electron chi connectivity index (χ2n) is 6.89. The van der Waals surface area contributed by atoms with E-state index in [2.05, 4.69) is 25.9 Å². The molecule has 1 saturated heterocycles. The van der Waals surface area contributed by atoms with Crippen LogP contribution in [0, 0.1) is 11.3 Å². The summed E-state index contributed by atoms with van der Waals surface area (Å²) in [4.78, 5) is 12.2. The van der Waals surface area contributed by atoms with E-state index in [1.807, 2.05) is 6.92 Å². The zero-order chi connectivity index (χ0) is 13.8. The maximum atomic E-state index is 12.2. The number of amides is 1. The van der Waals surface area contributed by atoms with Crippen LogP contribution in [0.1, 0.15) is 59.8 Å². The molecule has 3 aliphatic rings. The second-order valence-corrected chi connectivity index (χ2v) is 6.89. The Hall–Kier alpha value is -1.06. The van der Waals surface area contributed by atoms with Crippen molar-refractivity contribution >= 4 is 11.8 Å². The predicted octanol–water partition coefficient (Wildman–Crippen LogP) is 3.56. The van der Waals surface area contributed by atoms with Gasteiger partial charge in [0.2, 0.25) is 0 Å². The smallest absolute Gasteiger partial charge is 0.431 e. The van der Waals surface area contributed by atoms with Crippen LogP contribution in [0.25, 0.3) is 0 Å². The van der Waals surface area contributed by atoms with Gasteiger partial charge in [-0.3, -0.25) is 0 Å². The first-order chi connectivity index (χ1) is 8.93. The molecule has 0 radical (unpaired) electrons. The Balaban J connectivity index is 1.99. The van der Waals surface area contributed by atoms with E-state index in [0.29, 0.717) is 5.92 Å². The molecular weight excluding hydrogens is 240 g/mol. The molecule has 1 amide bonds. The Morgan fingerprint density at radius 2 is 2.26 bits per heavy atom. The van der Waals surface area contributed by atoms with Gasteiger partial charge in [0.15, 0.2) is 0 Å². The summed E-state index contributed by atoms with van der Waals surface area (Å²) in [5.74, 6) is 0.662. The fourth-order valence-electron chi connectivity index (χ4n) is 4.58. The molecule has 106 valence electrons. The minimum atomic E-state index is -0.242. The van der Waals surface area contributed by atoms with Crippen LogP contribution in [-0.4, -0.2) is 28.5 Å². The number of hydrogen-bond acceptors (Lipinski definition) is 3. The normalized spacial score (nSPS) is 39.7. The van der Waals surface area contributed by atoms with E-state index in [1.165, 1.54) is 6.42 Å². The van der Waals surface area contributed by atoms with Gasteiger partial charge in [0.1, 0.15) is 11.6 Å². The Morgan fingerprint density at radius 3 is 2.89 bits per heavy atom. The molecule has 0 unspecified atom stereocenters. The predicted molar refractivity (Wildman–Crippen MR) is 74.0 cm³/mol. The van der Waals surface area contributed by atoms with E-state index in [4.69, 9.17) is 4.74 Å². The van der Waals surface area contributed by atoms with E-state index in [9.17, 15) is 4.79 Å². The lowest BCUT2D eigenvalue weighted by Gasteiger charge is -2.39. The van der Waals surface area contributed by atoms with E-state index in [-0.39, 0.29) is 23.2 Å². The van der Waals surface area contributed by atoms with Crippen LogP contribution in [0.4, 0.5) is 4.79 Å². The number of hydrazone groups is 1. The lowest BCUT2D eigenvalue weighted by atomic mass is 9.75. The van der Waals surface area contributed by atoms with Gasteiger partial charge in [-0.05, 0) is 43.9 Å². The van der Waals surface area contributed by atoms with Gasteiger partial charge in [-0.2, -0.15) is 10.1 Å². The van der Waals surface area contributed by atoms with E-state index in [0.717, 1.165) is 31.4 Å². The summed E-state index contributed by atoms with van der Waals surface area (Å²) in [6.45, 7) is 8.71. The van der Waals surface area contributed by atoms with Crippen LogP contribution < -0.4 is 0 Å². The quantitative estimate of drug-likeness (QED) is 0.731. The largest absolute Gasteiger partial charge is 0.442 e. The molecule has 0 N–H and O–H groups in total. The number of hydrogen-bond donors (Lipinski definition) is 0. The summed E-state index contributed by atoms with van der Waals surface area (Å²) >= 11 is 0. The molecule has 3 fully saturated rings. The molecule has 3 rings (SSSR count). The van der Waals surface area contributed by atoms with Gasteiger partial charge >= 0.3 is 6.09 Å². The Kier molecular flexibility index (Phi) is 2.70. The van der Waals surface area contributed by atoms with Gasteiger partial charge in [0, 0.05) is 5.71 Å². The highest BCUT2D eigenvalue weighted by Crippen LogP contribution is 2.65. The number of carbonyl (C=O) groups excluding carboxylic acids is 1. The summed E-state index contributed by atoms with van der Waals surface area (Å²) in [5, 5.41) is 6.33. The van der Waals surface area contributed by atoms with Crippen molar-refractivity contribution in [2.45, 2.75) is 71.4 Å². The van der Waals surface area contributed by atoms with Gasteiger partial charge in [0.25, 0.3) is 0 Å². The van der Waals surface area contributed by atoms with E-state index < -0.39 is 0 Å². The second kappa shape index (κ2) is 3.97. The van der Waals surface area contributed by atoms with Gasteiger partial charge in [-0.1, -0.05) is 27.2 Å². The van der Waals surface area contributed by atoms with E-state index >= 15 is 0 Å². The highest BCUT2D eigenvalue weighted by molar-refractivity contribution is 5.84. The maximum Gasteiger partial charge on any atom is 0.431 e. The summed E-state index contributed by atoms with van der Waals surface area (Å²) < 4.78 is 5.62. The number of nitrogens with zero attached hydrogens (tertiary/aromatic N) is 2. The molecule has 4 nitrogen and oxygen atoms in total. The van der Waals surface area contributed by atoms with Gasteiger partial charge in [-0.15, -0.1) is 0 Å². The molecule has 2 saturated carbocycles. The van der Waals surface area contributed by atoms with Crippen LogP contribution in [-0.2, 0) is 4.74 Å². The van der Waals surface area contributed by atoms with Crippen LogP contribution in [0.15, 0.2) is 5.10 Å². The average Bonchev–Trinajstić information content (AvgIpc) is 2.83. The number of ether oxygens (including phenoxy) is 1. The third kappa shape index (κ3) is 1.46. The first-order valence-electron chi connectivity index (χ1n) is 7.48. The molecule has 3 atom stereocenters. The highest BCUT2D eigenvalue weighted by atomic mass is 16.6. The van der Waals surface area contributed by atoms with Crippen molar-refractivity contribution in [2.75, 3.05) is 0 Å². The highest BCUT2D eigenvalue weighted by Gasteiger charge is 2.73. The third-order valence-corrected chi connectivity index (χ3v) is 5.72. The van der Waals surface area contributed by atoms with Crippen LogP contribution in [0.3, 0.4) is 0 Å². The lowest BCUT2D eigenvalue weighted by Crippen LogP contribution is -2.53. The van der Waals surface area contributed by atoms with E-state index in [1.54, 1.807) is 5.01 Å². The van der Waals surface area contributed by atoms with Gasteiger partial charge in [0.05, 0.1) is 0 Å². The fourth-order valence-corrected chi connectivity index (χ4v) is 4.58. The summed E-state index contributed by atoms with van der Waals surface area (Å²) in [5.41, 5.74) is 0.949. The monoisotopic (exact) mass is 264 g/mol. The minimum Gasteiger partial charge on any atom is -0.442 e. The van der Waals surface area contributed by atoms with Crippen molar-refractivity contribution in [2.24, 2.45) is 16.4 Å². The molecule has 0 aromatic heterocycles. The Morgan fingerprint density at radius 1 is 1.53 bits per heavy atom. The molecule has 1 heterocycles. The van der Waals surface area contributed by atoms with Crippen molar-refractivity contribution in [1.82, 2.24) is 5.01 Å². The number of rotatable bonds is 3. The van der Waals surface area contributed by atoms with Crippen LogP contribution in [0.2, 0.25) is 0 Å². The third-order valence-electron chi connectivity index (χ3n) is 5.72. The molecule has 0 aromatic carbocycles. The molecule has 2 bridgehead atoms. The lowest BCUT2D eigenvalue weighted by molar-refractivity contribution is 0.0569. The van der Waals surface area contributed by atoms with Crippen molar-refractivity contribution < 1.29 is 9.53 Å². The molecular formula is C15H24N2O2. The standard InChI is InChI=1S/C15H24N2O2/c1-5-6-10(2)16-17-13(18)19-12-9-11-7-8-15(12,17)14(11,3)4/h11-12H,5-9H2,1-4H3/b16-10+/t11-,12+,15+/m1/s1. The van der Waals surface area contributed by atoms with Gasteiger partial charge in [-0.25, -0.2) is 4.79 Å². The zero-order valence-corrected chi connectivity index (χ0v) is 12.4. The molecule has 1 aliphatic heterocycles. The molecule has 0 aromatic rings. The minimum absolute atomic E-state index is 0.0481. The fraction of sp³-hybridized carbons (Fsp3) is 0.867. The van der Waals surface area contributed by atoms with Gasteiger partial charge < -0.3 is 4.74 Å². The maximum absolute atomic E-state index is 12.2. The molecule has 4 heteroatoms. The molecule has 1 spiro atoms. The first-order valence-corrected chi connectivity index (χ1v) is 7.48. The topological polar surface area (TPSA) is 41.9 Å². The first kappa shape index (κ1) is 12.9. The van der Waals surface area contributed by atoms with Crippen molar-refractivity contribution in [1.29, 1.82) is 0 Å². The Labute approximate surface area is 115 Å². The molecule has 19 heavy (non-hydrogen) atoms.